The van der Waals surface area contributed by atoms with Crippen molar-refractivity contribution >= 4 is 5.91 Å². The highest BCUT2D eigenvalue weighted by molar-refractivity contribution is 5.93. The molecule has 0 spiro atoms. The molecule has 0 aliphatic carbocycles. The second kappa shape index (κ2) is 5.57. The van der Waals surface area contributed by atoms with Gasteiger partial charge in [0, 0.05) is 18.4 Å². The maximum absolute atomic E-state index is 13.1. The van der Waals surface area contributed by atoms with E-state index in [1.165, 1.54) is 24.1 Å². The van der Waals surface area contributed by atoms with Gasteiger partial charge in [0.1, 0.15) is 16.9 Å². The molecule has 1 fully saturated rings. The van der Waals surface area contributed by atoms with Crippen molar-refractivity contribution in [3.05, 3.63) is 41.2 Å². The largest absolute Gasteiger partial charge is 0.433 e. The zero-order valence-corrected chi connectivity index (χ0v) is 13.2. The number of aromatic amines is 1. The van der Waals surface area contributed by atoms with Gasteiger partial charge in [-0.05, 0) is 38.8 Å². The molecule has 1 N–H and O–H groups in total. The van der Waals surface area contributed by atoms with Gasteiger partial charge in [-0.3, -0.25) is 9.89 Å². The SMILES string of the molecule is Cc1cc(C(F)(F)F)nc(C2(C)CCCN2C(=O)c2ccn[nH]2)n1. The maximum atomic E-state index is 13.1. The Balaban J connectivity index is 2.03. The van der Waals surface area contributed by atoms with Crippen LogP contribution in [0.4, 0.5) is 13.2 Å². The highest BCUT2D eigenvalue weighted by Crippen LogP contribution is 2.39. The van der Waals surface area contributed by atoms with Crippen LogP contribution in [0.2, 0.25) is 0 Å². The molecule has 1 saturated heterocycles. The second-order valence-electron chi connectivity index (χ2n) is 6.02. The van der Waals surface area contributed by atoms with Crippen LogP contribution in [0, 0.1) is 6.92 Å². The number of likely N-dealkylation sites (tertiary alicyclic amines) is 1. The minimum absolute atomic E-state index is 0.0141. The summed E-state index contributed by atoms with van der Waals surface area (Å²) in [4.78, 5) is 22.1. The first-order valence-corrected chi connectivity index (χ1v) is 7.46. The Hall–Kier alpha value is -2.45. The third kappa shape index (κ3) is 2.74. The van der Waals surface area contributed by atoms with Gasteiger partial charge < -0.3 is 4.90 Å². The van der Waals surface area contributed by atoms with Crippen LogP contribution in [0.1, 0.15) is 47.5 Å². The van der Waals surface area contributed by atoms with Crippen molar-refractivity contribution in [1.29, 1.82) is 0 Å². The number of rotatable bonds is 2. The Labute approximate surface area is 136 Å². The summed E-state index contributed by atoms with van der Waals surface area (Å²) in [6.07, 6.45) is -1.95. The fourth-order valence-corrected chi connectivity index (χ4v) is 3.00. The fourth-order valence-electron chi connectivity index (χ4n) is 3.00. The molecule has 2 aromatic heterocycles. The summed E-state index contributed by atoms with van der Waals surface area (Å²) in [5, 5.41) is 6.33. The maximum Gasteiger partial charge on any atom is 0.433 e. The lowest BCUT2D eigenvalue weighted by Crippen LogP contribution is -2.44. The number of alkyl halides is 3. The minimum Gasteiger partial charge on any atom is -0.325 e. The van der Waals surface area contributed by atoms with Crippen LogP contribution in [-0.4, -0.2) is 37.5 Å². The van der Waals surface area contributed by atoms with Crippen LogP contribution in [0.3, 0.4) is 0 Å². The first-order chi connectivity index (χ1) is 11.2. The summed E-state index contributed by atoms with van der Waals surface area (Å²) in [5.41, 5.74) is -1.48. The number of nitrogens with zero attached hydrogens (tertiary/aromatic N) is 4. The van der Waals surface area contributed by atoms with Crippen molar-refractivity contribution in [3.8, 4) is 0 Å². The predicted octanol–water partition coefficient (Wildman–Crippen LogP) is 2.68. The molecule has 2 aromatic rings. The normalized spacial score (nSPS) is 21.3. The van der Waals surface area contributed by atoms with Gasteiger partial charge >= 0.3 is 6.18 Å². The van der Waals surface area contributed by atoms with Gasteiger partial charge in [-0.2, -0.15) is 18.3 Å². The Morgan fingerprint density at radius 1 is 1.38 bits per heavy atom. The van der Waals surface area contributed by atoms with E-state index in [4.69, 9.17) is 0 Å². The average molecular weight is 339 g/mol. The molecule has 0 bridgehead atoms. The number of nitrogens with one attached hydrogen (secondary N) is 1. The Kier molecular flexibility index (Phi) is 3.81. The highest BCUT2D eigenvalue weighted by Gasteiger charge is 2.45. The number of aromatic nitrogens is 4. The van der Waals surface area contributed by atoms with Crippen molar-refractivity contribution in [2.75, 3.05) is 6.54 Å². The molecule has 1 aliphatic heterocycles. The van der Waals surface area contributed by atoms with Crippen molar-refractivity contribution < 1.29 is 18.0 Å². The number of aryl methyl sites for hydroxylation is 1. The molecule has 3 heterocycles. The molecule has 0 aromatic carbocycles. The number of carbonyl (C=O) groups is 1. The lowest BCUT2D eigenvalue weighted by Gasteiger charge is -2.34. The number of hydrogen-bond acceptors (Lipinski definition) is 4. The topological polar surface area (TPSA) is 74.8 Å². The highest BCUT2D eigenvalue weighted by atomic mass is 19.4. The third-order valence-electron chi connectivity index (χ3n) is 4.24. The predicted molar refractivity (Wildman–Crippen MR) is 78.0 cm³/mol. The summed E-state index contributed by atoms with van der Waals surface area (Å²) < 4.78 is 39.2. The molecule has 9 heteroatoms. The molecule has 1 atom stereocenters. The quantitative estimate of drug-likeness (QED) is 0.913. The van der Waals surface area contributed by atoms with Crippen LogP contribution in [-0.2, 0) is 11.7 Å². The first-order valence-electron chi connectivity index (χ1n) is 7.46. The van der Waals surface area contributed by atoms with E-state index < -0.39 is 17.4 Å². The van der Waals surface area contributed by atoms with Crippen LogP contribution in [0.25, 0.3) is 0 Å². The number of amides is 1. The third-order valence-corrected chi connectivity index (χ3v) is 4.24. The standard InChI is InChI=1S/C15H16F3N5O/c1-9-8-11(15(16,17)18)21-13(20-9)14(2)5-3-7-23(14)12(24)10-4-6-19-22-10/h4,6,8H,3,5,7H2,1-2H3,(H,19,22). The smallest absolute Gasteiger partial charge is 0.325 e. The number of H-pyrrole nitrogens is 1. The van der Waals surface area contributed by atoms with Crippen molar-refractivity contribution in [1.82, 2.24) is 25.1 Å². The van der Waals surface area contributed by atoms with Gasteiger partial charge in [-0.1, -0.05) is 0 Å². The zero-order chi connectivity index (χ0) is 17.5. The summed E-state index contributed by atoms with van der Waals surface area (Å²) in [7, 11) is 0. The van der Waals surface area contributed by atoms with Crippen LogP contribution < -0.4 is 0 Å². The van der Waals surface area contributed by atoms with E-state index in [0.717, 1.165) is 6.07 Å². The first kappa shape index (κ1) is 16.4. The van der Waals surface area contributed by atoms with Gasteiger partial charge in [0.05, 0.1) is 0 Å². The van der Waals surface area contributed by atoms with Crippen molar-refractivity contribution in [3.63, 3.8) is 0 Å². The minimum atomic E-state index is -4.56. The van der Waals surface area contributed by atoms with E-state index in [2.05, 4.69) is 20.2 Å². The molecule has 24 heavy (non-hydrogen) atoms. The van der Waals surface area contributed by atoms with Crippen molar-refractivity contribution in [2.24, 2.45) is 0 Å². The molecular weight excluding hydrogens is 323 g/mol. The fraction of sp³-hybridized carbons (Fsp3) is 0.467. The number of halogens is 3. The van der Waals surface area contributed by atoms with E-state index in [0.29, 0.717) is 19.4 Å². The van der Waals surface area contributed by atoms with Crippen molar-refractivity contribution in [2.45, 2.75) is 38.4 Å². The zero-order valence-electron chi connectivity index (χ0n) is 13.2. The lowest BCUT2D eigenvalue weighted by atomic mass is 9.97. The Morgan fingerprint density at radius 2 is 2.12 bits per heavy atom. The molecule has 128 valence electrons. The second-order valence-corrected chi connectivity index (χ2v) is 6.02. The molecular formula is C15H16F3N5O. The molecule has 0 saturated carbocycles. The van der Waals surface area contributed by atoms with E-state index in [-0.39, 0.29) is 23.1 Å². The van der Waals surface area contributed by atoms with Crippen LogP contribution in [0.5, 0.6) is 0 Å². The number of hydrogen-bond donors (Lipinski definition) is 1. The molecule has 0 radical (unpaired) electrons. The lowest BCUT2D eigenvalue weighted by molar-refractivity contribution is -0.141. The summed E-state index contributed by atoms with van der Waals surface area (Å²) in [6.45, 7) is 3.61. The van der Waals surface area contributed by atoms with Gasteiger partial charge in [-0.25, -0.2) is 9.97 Å². The van der Waals surface area contributed by atoms with Gasteiger partial charge in [0.25, 0.3) is 5.91 Å². The summed E-state index contributed by atoms with van der Waals surface area (Å²) in [5.74, 6) is -0.314. The molecule has 3 rings (SSSR count). The van der Waals surface area contributed by atoms with E-state index in [9.17, 15) is 18.0 Å². The van der Waals surface area contributed by atoms with Gasteiger partial charge in [-0.15, -0.1) is 0 Å². The summed E-state index contributed by atoms with van der Waals surface area (Å²) >= 11 is 0. The van der Waals surface area contributed by atoms with Gasteiger partial charge in [0.2, 0.25) is 0 Å². The monoisotopic (exact) mass is 339 g/mol. The summed E-state index contributed by atoms with van der Waals surface area (Å²) in [6, 6.07) is 2.43. The van der Waals surface area contributed by atoms with E-state index in [1.54, 1.807) is 6.92 Å². The van der Waals surface area contributed by atoms with Gasteiger partial charge in [0.15, 0.2) is 5.82 Å². The van der Waals surface area contributed by atoms with Crippen LogP contribution in [0.15, 0.2) is 18.3 Å². The molecule has 6 nitrogen and oxygen atoms in total. The van der Waals surface area contributed by atoms with Crippen LogP contribution >= 0.6 is 0 Å². The average Bonchev–Trinajstić information content (AvgIpc) is 3.15. The Morgan fingerprint density at radius 3 is 2.75 bits per heavy atom. The molecule has 1 amide bonds. The number of carbonyl (C=O) groups excluding carboxylic acids is 1. The van der Waals surface area contributed by atoms with E-state index >= 15 is 0 Å². The van der Waals surface area contributed by atoms with E-state index in [1.807, 2.05) is 0 Å². The molecule has 1 unspecified atom stereocenters. The molecule has 1 aliphatic rings. The Bertz CT molecular complexity index is 759.